The highest BCUT2D eigenvalue weighted by atomic mass is 16.5. The quantitative estimate of drug-likeness (QED) is 0.556. The van der Waals surface area contributed by atoms with E-state index in [2.05, 4.69) is 10.6 Å². The van der Waals surface area contributed by atoms with Gasteiger partial charge in [-0.1, -0.05) is 18.2 Å². The number of carbonyl (C=O) groups excluding carboxylic acids is 2. The van der Waals surface area contributed by atoms with Gasteiger partial charge in [-0.2, -0.15) is 0 Å². The SMILES string of the molecule is NCC(=O)NCC(=O)NCCOc1ccccc1. The van der Waals surface area contributed by atoms with Crippen LogP contribution in [0.15, 0.2) is 30.3 Å². The van der Waals surface area contributed by atoms with Crippen molar-refractivity contribution in [2.75, 3.05) is 26.2 Å². The van der Waals surface area contributed by atoms with E-state index in [-0.39, 0.29) is 24.9 Å². The average Bonchev–Trinajstić information content (AvgIpc) is 2.42. The van der Waals surface area contributed by atoms with Crippen LogP contribution in [0, 0.1) is 0 Å². The summed E-state index contributed by atoms with van der Waals surface area (Å²) < 4.78 is 5.38. The minimum absolute atomic E-state index is 0.0681. The Labute approximate surface area is 105 Å². The molecule has 0 spiro atoms. The van der Waals surface area contributed by atoms with Gasteiger partial charge in [-0.05, 0) is 12.1 Å². The summed E-state index contributed by atoms with van der Waals surface area (Å²) in [6, 6.07) is 9.31. The van der Waals surface area contributed by atoms with E-state index in [9.17, 15) is 9.59 Å². The van der Waals surface area contributed by atoms with Gasteiger partial charge < -0.3 is 21.1 Å². The zero-order valence-corrected chi connectivity index (χ0v) is 10.0. The molecule has 4 N–H and O–H groups in total. The minimum atomic E-state index is -0.356. The van der Waals surface area contributed by atoms with Crippen LogP contribution in [0.2, 0.25) is 0 Å². The summed E-state index contributed by atoms with van der Waals surface area (Å²) in [5.41, 5.74) is 5.08. The number of para-hydroxylation sites is 1. The summed E-state index contributed by atoms with van der Waals surface area (Å²) in [6.45, 7) is 0.568. The summed E-state index contributed by atoms with van der Waals surface area (Å²) in [6.07, 6.45) is 0. The molecule has 0 radical (unpaired) electrons. The zero-order chi connectivity index (χ0) is 13.2. The van der Waals surface area contributed by atoms with Crippen LogP contribution in [0.1, 0.15) is 0 Å². The first-order valence-corrected chi connectivity index (χ1v) is 5.63. The maximum absolute atomic E-state index is 11.3. The Bertz CT molecular complexity index is 381. The van der Waals surface area contributed by atoms with Gasteiger partial charge >= 0.3 is 0 Å². The third kappa shape index (κ3) is 5.86. The third-order valence-electron chi connectivity index (χ3n) is 2.07. The van der Waals surface area contributed by atoms with E-state index in [4.69, 9.17) is 10.5 Å². The van der Waals surface area contributed by atoms with Crippen molar-refractivity contribution < 1.29 is 14.3 Å². The minimum Gasteiger partial charge on any atom is -0.492 e. The number of nitrogens with one attached hydrogen (secondary N) is 2. The molecular weight excluding hydrogens is 234 g/mol. The molecule has 0 aliphatic rings. The van der Waals surface area contributed by atoms with Crippen molar-refractivity contribution in [2.24, 2.45) is 5.73 Å². The molecule has 0 bridgehead atoms. The first-order chi connectivity index (χ1) is 8.72. The second-order valence-corrected chi connectivity index (χ2v) is 3.49. The van der Waals surface area contributed by atoms with Crippen molar-refractivity contribution in [2.45, 2.75) is 0 Å². The van der Waals surface area contributed by atoms with E-state index in [0.29, 0.717) is 13.2 Å². The molecule has 0 aliphatic carbocycles. The predicted octanol–water partition coefficient (Wildman–Crippen LogP) is -0.743. The smallest absolute Gasteiger partial charge is 0.239 e. The topological polar surface area (TPSA) is 93.5 Å². The lowest BCUT2D eigenvalue weighted by atomic mass is 10.3. The van der Waals surface area contributed by atoms with Crippen LogP contribution in [0.5, 0.6) is 5.75 Å². The molecule has 6 nitrogen and oxygen atoms in total. The Kier molecular flexibility index (Phi) is 6.27. The van der Waals surface area contributed by atoms with Gasteiger partial charge in [-0.25, -0.2) is 0 Å². The van der Waals surface area contributed by atoms with E-state index >= 15 is 0 Å². The second-order valence-electron chi connectivity index (χ2n) is 3.49. The molecule has 0 atom stereocenters. The fraction of sp³-hybridized carbons (Fsp3) is 0.333. The van der Waals surface area contributed by atoms with Crippen LogP contribution in [0.4, 0.5) is 0 Å². The fourth-order valence-electron chi connectivity index (χ4n) is 1.19. The van der Waals surface area contributed by atoms with Gasteiger partial charge in [-0.3, -0.25) is 9.59 Å². The Morgan fingerprint density at radius 2 is 1.83 bits per heavy atom. The molecule has 1 rings (SSSR count). The summed E-state index contributed by atoms with van der Waals surface area (Å²) in [5.74, 6) is 0.127. The predicted molar refractivity (Wildman–Crippen MR) is 67.0 cm³/mol. The first kappa shape index (κ1) is 14.0. The number of nitrogens with two attached hydrogens (primary N) is 1. The van der Waals surface area contributed by atoms with Crippen LogP contribution in [-0.4, -0.2) is 38.1 Å². The van der Waals surface area contributed by atoms with Crippen LogP contribution >= 0.6 is 0 Å². The van der Waals surface area contributed by atoms with Crippen LogP contribution in [0.25, 0.3) is 0 Å². The Hall–Kier alpha value is -2.08. The highest BCUT2D eigenvalue weighted by Crippen LogP contribution is 2.07. The highest BCUT2D eigenvalue weighted by Gasteiger charge is 2.02. The van der Waals surface area contributed by atoms with E-state index < -0.39 is 0 Å². The van der Waals surface area contributed by atoms with Crippen molar-refractivity contribution in [1.29, 1.82) is 0 Å². The van der Waals surface area contributed by atoms with Crippen molar-refractivity contribution in [3.05, 3.63) is 30.3 Å². The maximum Gasteiger partial charge on any atom is 0.239 e. The molecule has 0 aliphatic heterocycles. The van der Waals surface area contributed by atoms with Crippen molar-refractivity contribution in [3.63, 3.8) is 0 Å². The molecule has 1 aromatic rings. The molecule has 0 aromatic heterocycles. The standard InChI is InChI=1S/C12H17N3O3/c13-8-11(16)15-9-12(17)14-6-7-18-10-4-2-1-3-5-10/h1-5H,6-9,13H2,(H,14,17)(H,15,16). The number of benzene rings is 1. The molecule has 18 heavy (non-hydrogen) atoms. The number of rotatable bonds is 7. The number of amides is 2. The van der Waals surface area contributed by atoms with Gasteiger partial charge in [0.15, 0.2) is 0 Å². The number of hydrogen-bond acceptors (Lipinski definition) is 4. The average molecular weight is 251 g/mol. The Balaban J connectivity index is 2.07. The van der Waals surface area contributed by atoms with E-state index in [1.807, 2.05) is 30.3 Å². The largest absolute Gasteiger partial charge is 0.492 e. The lowest BCUT2D eigenvalue weighted by Gasteiger charge is -2.08. The molecule has 0 saturated carbocycles. The van der Waals surface area contributed by atoms with Crippen molar-refractivity contribution >= 4 is 11.8 Å². The molecule has 0 heterocycles. The van der Waals surface area contributed by atoms with Gasteiger partial charge in [0.1, 0.15) is 12.4 Å². The zero-order valence-electron chi connectivity index (χ0n) is 10.0. The van der Waals surface area contributed by atoms with Gasteiger partial charge in [-0.15, -0.1) is 0 Å². The summed E-state index contributed by atoms with van der Waals surface area (Å²) in [4.78, 5) is 22.0. The lowest BCUT2D eigenvalue weighted by molar-refractivity contribution is -0.125. The van der Waals surface area contributed by atoms with Gasteiger partial charge in [0.25, 0.3) is 0 Å². The summed E-state index contributed by atoms with van der Waals surface area (Å²) in [7, 11) is 0. The first-order valence-electron chi connectivity index (χ1n) is 5.63. The molecule has 0 fully saturated rings. The van der Waals surface area contributed by atoms with Crippen LogP contribution < -0.4 is 21.1 Å². The highest BCUT2D eigenvalue weighted by molar-refractivity contribution is 5.85. The molecule has 2 amide bonds. The van der Waals surface area contributed by atoms with Gasteiger partial charge in [0, 0.05) is 0 Å². The van der Waals surface area contributed by atoms with Gasteiger partial charge in [0.2, 0.25) is 11.8 Å². The van der Waals surface area contributed by atoms with Crippen LogP contribution in [0.3, 0.4) is 0 Å². The van der Waals surface area contributed by atoms with Gasteiger partial charge in [0.05, 0.1) is 19.6 Å². The van der Waals surface area contributed by atoms with E-state index in [0.717, 1.165) is 5.75 Å². The van der Waals surface area contributed by atoms with Crippen molar-refractivity contribution in [3.8, 4) is 5.75 Å². The number of carbonyl (C=O) groups is 2. The Morgan fingerprint density at radius 1 is 1.11 bits per heavy atom. The molecule has 0 unspecified atom stereocenters. The second kappa shape index (κ2) is 8.08. The Morgan fingerprint density at radius 3 is 2.50 bits per heavy atom. The number of ether oxygens (including phenoxy) is 1. The van der Waals surface area contributed by atoms with Crippen molar-refractivity contribution in [1.82, 2.24) is 10.6 Å². The fourth-order valence-corrected chi connectivity index (χ4v) is 1.19. The monoisotopic (exact) mass is 251 g/mol. The summed E-state index contributed by atoms with van der Waals surface area (Å²) >= 11 is 0. The van der Waals surface area contributed by atoms with Crippen LogP contribution in [-0.2, 0) is 9.59 Å². The number of hydrogen-bond donors (Lipinski definition) is 3. The van der Waals surface area contributed by atoms with E-state index in [1.165, 1.54) is 0 Å². The lowest BCUT2D eigenvalue weighted by Crippen LogP contribution is -2.40. The molecule has 0 saturated heterocycles. The maximum atomic E-state index is 11.3. The molecule has 98 valence electrons. The normalized spacial score (nSPS) is 9.61. The third-order valence-corrected chi connectivity index (χ3v) is 2.07. The summed E-state index contributed by atoms with van der Waals surface area (Å²) in [5, 5.41) is 4.99. The molecular formula is C12H17N3O3. The molecule has 1 aromatic carbocycles. The molecule has 6 heteroatoms. The van der Waals surface area contributed by atoms with E-state index in [1.54, 1.807) is 0 Å².